The molecule has 0 unspecified atom stereocenters. The summed E-state index contributed by atoms with van der Waals surface area (Å²) in [4.78, 5) is 0. The lowest BCUT2D eigenvalue weighted by atomic mass is 10.3. The van der Waals surface area contributed by atoms with Crippen molar-refractivity contribution in [3.05, 3.63) is 60.7 Å². The Labute approximate surface area is 105 Å². The molecular formula is C13H13N5. The van der Waals surface area contributed by atoms with E-state index >= 15 is 0 Å². The van der Waals surface area contributed by atoms with Crippen molar-refractivity contribution in [2.24, 2.45) is 20.8 Å². The molecule has 0 heterocycles. The minimum absolute atomic E-state index is 0.749. The van der Waals surface area contributed by atoms with E-state index < -0.39 is 0 Å². The van der Waals surface area contributed by atoms with Crippen LogP contribution in [0.15, 0.2) is 81.4 Å². The predicted octanol–water partition coefficient (Wildman–Crippen LogP) is 4.19. The zero-order chi connectivity index (χ0) is 12.6. The van der Waals surface area contributed by atoms with Gasteiger partial charge >= 0.3 is 0 Å². The van der Waals surface area contributed by atoms with Crippen LogP contribution in [0.3, 0.4) is 0 Å². The summed E-state index contributed by atoms with van der Waals surface area (Å²) in [6.45, 7) is 0. The third kappa shape index (κ3) is 3.48. The maximum Gasteiger partial charge on any atom is 0.0875 e. The molecule has 0 bridgehead atoms. The standard InChI is InChI=1S/C13H13N5/c1-18(13-10-6-3-7-11-13)17-16-15-14-12-8-4-2-5-9-12/h2-11H,1H3. The van der Waals surface area contributed by atoms with Gasteiger partial charge in [0.05, 0.1) is 11.4 Å². The fourth-order valence-electron chi connectivity index (χ4n) is 1.34. The van der Waals surface area contributed by atoms with Crippen molar-refractivity contribution in [2.45, 2.75) is 0 Å². The SMILES string of the molecule is CN(N=NN=Nc1ccccc1)c1ccccc1. The highest BCUT2D eigenvalue weighted by Crippen LogP contribution is 2.12. The molecule has 0 saturated carbocycles. The van der Waals surface area contributed by atoms with E-state index in [9.17, 15) is 0 Å². The zero-order valence-electron chi connectivity index (χ0n) is 10.0. The van der Waals surface area contributed by atoms with Crippen molar-refractivity contribution in [3.8, 4) is 0 Å². The highest BCUT2D eigenvalue weighted by molar-refractivity contribution is 5.43. The van der Waals surface area contributed by atoms with Crippen LogP contribution in [0.25, 0.3) is 0 Å². The van der Waals surface area contributed by atoms with E-state index in [1.54, 1.807) is 12.1 Å². The van der Waals surface area contributed by atoms with Gasteiger partial charge in [-0.1, -0.05) is 36.4 Å². The van der Waals surface area contributed by atoms with Crippen LogP contribution < -0.4 is 5.01 Å². The third-order valence-electron chi connectivity index (χ3n) is 2.26. The van der Waals surface area contributed by atoms with Gasteiger partial charge in [0.15, 0.2) is 0 Å². The minimum Gasteiger partial charge on any atom is -0.249 e. The van der Waals surface area contributed by atoms with Crippen molar-refractivity contribution < 1.29 is 0 Å². The lowest BCUT2D eigenvalue weighted by Crippen LogP contribution is -2.06. The third-order valence-corrected chi connectivity index (χ3v) is 2.26. The van der Waals surface area contributed by atoms with Crippen LogP contribution in [0.4, 0.5) is 11.4 Å². The molecule has 2 rings (SSSR count). The fraction of sp³-hybridized carbons (Fsp3) is 0.0769. The Morgan fingerprint density at radius 1 is 0.778 bits per heavy atom. The van der Waals surface area contributed by atoms with E-state index in [-0.39, 0.29) is 0 Å². The summed E-state index contributed by atoms with van der Waals surface area (Å²) >= 11 is 0. The van der Waals surface area contributed by atoms with Crippen LogP contribution >= 0.6 is 0 Å². The van der Waals surface area contributed by atoms with Gasteiger partial charge in [-0.2, -0.15) is 0 Å². The van der Waals surface area contributed by atoms with Gasteiger partial charge in [0, 0.05) is 7.05 Å². The van der Waals surface area contributed by atoms with Crippen LogP contribution in [0.5, 0.6) is 0 Å². The van der Waals surface area contributed by atoms with Gasteiger partial charge in [0.2, 0.25) is 0 Å². The van der Waals surface area contributed by atoms with Gasteiger partial charge in [0.25, 0.3) is 0 Å². The summed E-state index contributed by atoms with van der Waals surface area (Å²) in [7, 11) is 1.80. The lowest BCUT2D eigenvalue weighted by Gasteiger charge is -2.08. The molecule has 0 atom stereocenters. The molecule has 0 aliphatic rings. The quantitative estimate of drug-likeness (QED) is 0.583. The topological polar surface area (TPSA) is 52.7 Å². The Bertz CT molecular complexity index is 522. The molecular weight excluding hydrogens is 226 g/mol. The average molecular weight is 239 g/mol. The molecule has 0 aliphatic heterocycles. The molecule has 0 spiro atoms. The van der Waals surface area contributed by atoms with E-state index in [1.165, 1.54) is 0 Å². The second-order valence-corrected chi connectivity index (χ2v) is 3.56. The number of benzene rings is 2. The summed E-state index contributed by atoms with van der Waals surface area (Å²) in [5, 5.41) is 16.7. The van der Waals surface area contributed by atoms with Crippen molar-refractivity contribution in [1.29, 1.82) is 0 Å². The summed E-state index contributed by atoms with van der Waals surface area (Å²) in [6.07, 6.45) is 0. The summed E-state index contributed by atoms with van der Waals surface area (Å²) in [5.74, 6) is 0. The fourth-order valence-corrected chi connectivity index (χ4v) is 1.34. The number of rotatable bonds is 4. The smallest absolute Gasteiger partial charge is 0.0875 e. The van der Waals surface area contributed by atoms with E-state index in [1.807, 2.05) is 60.7 Å². The first-order chi connectivity index (χ1) is 8.86. The van der Waals surface area contributed by atoms with Gasteiger partial charge in [0.1, 0.15) is 0 Å². The van der Waals surface area contributed by atoms with Crippen LogP contribution in [-0.4, -0.2) is 7.05 Å². The minimum atomic E-state index is 0.749. The van der Waals surface area contributed by atoms with Gasteiger partial charge < -0.3 is 0 Å². The largest absolute Gasteiger partial charge is 0.249 e. The van der Waals surface area contributed by atoms with Gasteiger partial charge in [-0.3, -0.25) is 0 Å². The maximum atomic E-state index is 3.91. The first-order valence-corrected chi connectivity index (χ1v) is 5.52. The van der Waals surface area contributed by atoms with Gasteiger partial charge in [-0.25, -0.2) is 5.01 Å². The molecule has 0 aliphatic carbocycles. The summed E-state index contributed by atoms with van der Waals surface area (Å²) in [6, 6.07) is 19.1. The Kier molecular flexibility index (Phi) is 4.13. The van der Waals surface area contributed by atoms with Crippen molar-refractivity contribution in [1.82, 2.24) is 0 Å². The molecule has 0 fully saturated rings. The summed E-state index contributed by atoms with van der Waals surface area (Å²) < 4.78 is 0. The number of hydrogen-bond acceptors (Lipinski definition) is 2. The monoisotopic (exact) mass is 239 g/mol. The molecule has 2 aromatic rings. The number of nitrogens with zero attached hydrogens (tertiary/aromatic N) is 5. The average Bonchev–Trinajstić information content (AvgIpc) is 2.45. The van der Waals surface area contributed by atoms with Crippen LogP contribution in [0.2, 0.25) is 0 Å². The molecule has 90 valence electrons. The Morgan fingerprint density at radius 3 is 2.06 bits per heavy atom. The molecule has 0 radical (unpaired) electrons. The number of para-hydroxylation sites is 1. The van der Waals surface area contributed by atoms with Gasteiger partial charge in [-0.15, -0.1) is 5.11 Å². The van der Waals surface area contributed by atoms with E-state index in [2.05, 4.69) is 20.8 Å². The number of hydrogen-bond donors (Lipinski definition) is 0. The van der Waals surface area contributed by atoms with Crippen LogP contribution in [-0.2, 0) is 0 Å². The Hall–Kier alpha value is -2.56. The molecule has 0 saturated heterocycles. The van der Waals surface area contributed by atoms with Crippen LogP contribution in [0, 0.1) is 0 Å². The van der Waals surface area contributed by atoms with Crippen LogP contribution in [0.1, 0.15) is 0 Å². The predicted molar refractivity (Wildman–Crippen MR) is 70.7 cm³/mol. The second-order valence-electron chi connectivity index (χ2n) is 3.56. The molecule has 0 amide bonds. The zero-order valence-corrected chi connectivity index (χ0v) is 10.0. The number of anilines is 1. The normalized spacial score (nSPS) is 11.2. The Morgan fingerprint density at radius 2 is 1.39 bits per heavy atom. The highest BCUT2D eigenvalue weighted by Gasteiger charge is 1.95. The van der Waals surface area contributed by atoms with Gasteiger partial charge in [-0.05, 0) is 39.9 Å². The lowest BCUT2D eigenvalue weighted by molar-refractivity contribution is 0.835. The molecule has 5 nitrogen and oxygen atoms in total. The van der Waals surface area contributed by atoms with Crippen molar-refractivity contribution in [2.75, 3.05) is 12.1 Å². The molecule has 0 N–H and O–H groups in total. The van der Waals surface area contributed by atoms with Crippen molar-refractivity contribution in [3.63, 3.8) is 0 Å². The molecule has 5 heteroatoms. The highest BCUT2D eigenvalue weighted by atomic mass is 15.6. The van der Waals surface area contributed by atoms with E-state index in [4.69, 9.17) is 0 Å². The second kappa shape index (κ2) is 6.24. The molecule has 18 heavy (non-hydrogen) atoms. The van der Waals surface area contributed by atoms with Crippen molar-refractivity contribution >= 4 is 11.4 Å². The van der Waals surface area contributed by atoms with E-state index in [0.29, 0.717) is 0 Å². The molecule has 2 aromatic carbocycles. The molecule has 0 aromatic heterocycles. The summed E-state index contributed by atoms with van der Waals surface area (Å²) in [5.41, 5.74) is 1.69. The first kappa shape index (κ1) is 11.9. The first-order valence-electron chi connectivity index (χ1n) is 5.52. The maximum absolute atomic E-state index is 3.91. The Balaban J connectivity index is 1.94. The van der Waals surface area contributed by atoms with E-state index in [0.717, 1.165) is 11.4 Å².